The lowest BCUT2D eigenvalue weighted by molar-refractivity contribution is 0.0923. The van der Waals surface area contributed by atoms with Crippen LogP contribution in [0.15, 0.2) is 59.7 Å². The summed E-state index contributed by atoms with van der Waals surface area (Å²) in [7, 11) is 0. The van der Waals surface area contributed by atoms with E-state index in [1.807, 2.05) is 30.5 Å². The second-order valence-electron chi connectivity index (χ2n) is 6.48. The van der Waals surface area contributed by atoms with Crippen molar-refractivity contribution >= 4 is 16.8 Å². The molecular weight excluding hydrogens is 330 g/mol. The molecule has 2 aromatic heterocycles. The van der Waals surface area contributed by atoms with Crippen molar-refractivity contribution in [3.05, 3.63) is 76.3 Å². The first kappa shape index (κ1) is 16.5. The van der Waals surface area contributed by atoms with Gasteiger partial charge < -0.3 is 15.0 Å². The molecule has 1 aliphatic rings. The highest BCUT2D eigenvalue weighted by Crippen LogP contribution is 2.24. The van der Waals surface area contributed by atoms with Crippen LogP contribution in [0.25, 0.3) is 10.9 Å². The van der Waals surface area contributed by atoms with Gasteiger partial charge in [0.05, 0.1) is 24.8 Å². The predicted octanol–water partition coefficient (Wildman–Crippen LogP) is 1.91. The molecule has 0 radical (unpaired) electrons. The lowest BCUT2D eigenvalue weighted by Crippen LogP contribution is -2.42. The van der Waals surface area contributed by atoms with E-state index in [1.54, 1.807) is 6.07 Å². The molecule has 0 spiro atoms. The van der Waals surface area contributed by atoms with Crippen LogP contribution in [0.2, 0.25) is 0 Å². The van der Waals surface area contributed by atoms with E-state index in [2.05, 4.69) is 21.4 Å². The highest BCUT2D eigenvalue weighted by atomic mass is 16.5. The quantitative estimate of drug-likeness (QED) is 0.754. The third-order valence-electron chi connectivity index (χ3n) is 4.80. The van der Waals surface area contributed by atoms with Gasteiger partial charge in [-0.25, -0.2) is 0 Å². The van der Waals surface area contributed by atoms with Crippen LogP contribution in [0.5, 0.6) is 0 Å². The van der Waals surface area contributed by atoms with Gasteiger partial charge in [0.25, 0.3) is 11.5 Å². The number of rotatable bonds is 4. The molecule has 4 rings (SSSR count). The van der Waals surface area contributed by atoms with E-state index in [1.165, 1.54) is 17.8 Å². The summed E-state index contributed by atoms with van der Waals surface area (Å²) in [6.45, 7) is 1.02. The van der Waals surface area contributed by atoms with Crippen LogP contribution in [-0.4, -0.2) is 35.1 Å². The third kappa shape index (κ3) is 3.23. The number of H-pyrrole nitrogens is 1. The van der Waals surface area contributed by atoms with Gasteiger partial charge in [-0.1, -0.05) is 18.2 Å². The molecule has 6 heteroatoms. The lowest BCUT2D eigenvalue weighted by atomic mass is 9.93. The van der Waals surface area contributed by atoms with E-state index in [0.29, 0.717) is 13.2 Å². The molecule has 0 aliphatic carbocycles. The van der Waals surface area contributed by atoms with Crippen LogP contribution in [-0.2, 0) is 11.2 Å². The number of para-hydroxylation sites is 1. The lowest BCUT2D eigenvalue weighted by Gasteiger charge is -2.19. The van der Waals surface area contributed by atoms with Crippen LogP contribution in [0, 0.1) is 5.92 Å². The fourth-order valence-corrected chi connectivity index (χ4v) is 3.42. The van der Waals surface area contributed by atoms with Crippen LogP contribution in [0.1, 0.15) is 15.9 Å². The monoisotopic (exact) mass is 349 g/mol. The molecule has 1 aromatic carbocycles. The molecule has 1 amide bonds. The number of nitrogens with zero attached hydrogens (tertiary/aromatic N) is 1. The molecule has 1 saturated heterocycles. The standard InChI is InChI=1S/C20H19N3O3/c24-19-16(5-3-8-22-19)20(25)23-18-12-26-11-14(18)10-13-7-9-21-17-6-2-1-4-15(13)17/h1-9,14,18H,10-12H2,(H,22,24)(H,23,25)/t14-,18+/m1/s1. The summed E-state index contributed by atoms with van der Waals surface area (Å²) in [4.78, 5) is 31.2. The number of hydrogen-bond acceptors (Lipinski definition) is 4. The van der Waals surface area contributed by atoms with Crippen molar-refractivity contribution < 1.29 is 9.53 Å². The zero-order valence-corrected chi connectivity index (χ0v) is 14.1. The number of fused-ring (bicyclic) bond motifs is 1. The Balaban J connectivity index is 1.53. The molecule has 0 saturated carbocycles. The van der Waals surface area contributed by atoms with Gasteiger partial charge in [-0.3, -0.25) is 14.6 Å². The Hall–Kier alpha value is -2.99. The van der Waals surface area contributed by atoms with Gasteiger partial charge in [-0.2, -0.15) is 0 Å². The molecule has 1 fully saturated rings. The number of nitrogens with one attached hydrogen (secondary N) is 2. The average molecular weight is 349 g/mol. The summed E-state index contributed by atoms with van der Waals surface area (Å²) < 4.78 is 5.60. The maximum atomic E-state index is 12.4. The van der Waals surface area contributed by atoms with Crippen LogP contribution < -0.4 is 10.9 Å². The van der Waals surface area contributed by atoms with Crippen molar-refractivity contribution in [1.82, 2.24) is 15.3 Å². The van der Waals surface area contributed by atoms with Gasteiger partial charge in [0.15, 0.2) is 0 Å². The molecule has 3 aromatic rings. The van der Waals surface area contributed by atoms with Crippen molar-refractivity contribution in [3.8, 4) is 0 Å². The predicted molar refractivity (Wildman–Crippen MR) is 98.1 cm³/mol. The average Bonchev–Trinajstić information content (AvgIpc) is 3.09. The molecular formula is C20H19N3O3. The Bertz CT molecular complexity index is 993. The highest BCUT2D eigenvalue weighted by molar-refractivity contribution is 5.94. The zero-order chi connectivity index (χ0) is 17.9. The number of hydrogen-bond donors (Lipinski definition) is 2. The molecule has 2 N–H and O–H groups in total. The second kappa shape index (κ2) is 7.09. The van der Waals surface area contributed by atoms with Gasteiger partial charge in [0, 0.05) is 23.7 Å². The Morgan fingerprint density at radius 2 is 2.08 bits per heavy atom. The summed E-state index contributed by atoms with van der Waals surface area (Å²) in [6.07, 6.45) is 4.10. The van der Waals surface area contributed by atoms with Gasteiger partial charge in [0.1, 0.15) is 5.56 Å². The molecule has 1 aliphatic heterocycles. The smallest absolute Gasteiger partial charge is 0.260 e. The zero-order valence-electron chi connectivity index (χ0n) is 14.1. The minimum Gasteiger partial charge on any atom is -0.379 e. The van der Waals surface area contributed by atoms with E-state index >= 15 is 0 Å². The molecule has 3 heterocycles. The summed E-state index contributed by atoms with van der Waals surface area (Å²) in [5, 5.41) is 4.07. The van der Waals surface area contributed by atoms with E-state index in [0.717, 1.165) is 17.3 Å². The number of carbonyl (C=O) groups excluding carboxylic acids is 1. The second-order valence-corrected chi connectivity index (χ2v) is 6.48. The SMILES string of the molecule is O=C(N[C@H]1COC[C@H]1Cc1ccnc2ccccc12)c1ccc[nH]c1=O. The summed E-state index contributed by atoms with van der Waals surface area (Å²) in [6, 6.07) is 13.1. The van der Waals surface area contributed by atoms with Crippen LogP contribution >= 0.6 is 0 Å². The maximum Gasteiger partial charge on any atom is 0.260 e. The first-order chi connectivity index (χ1) is 12.7. The Kier molecular flexibility index (Phi) is 4.50. The van der Waals surface area contributed by atoms with E-state index in [9.17, 15) is 9.59 Å². The van der Waals surface area contributed by atoms with E-state index in [-0.39, 0.29) is 29.0 Å². The molecule has 26 heavy (non-hydrogen) atoms. The Morgan fingerprint density at radius 1 is 1.19 bits per heavy atom. The first-order valence-electron chi connectivity index (χ1n) is 8.61. The van der Waals surface area contributed by atoms with Crippen molar-refractivity contribution in [2.75, 3.05) is 13.2 Å². The fraction of sp³-hybridized carbons (Fsp3) is 0.250. The Labute approximate surface area is 150 Å². The highest BCUT2D eigenvalue weighted by Gasteiger charge is 2.30. The number of aromatic nitrogens is 2. The number of amides is 1. The number of carbonyl (C=O) groups is 1. The summed E-state index contributed by atoms with van der Waals surface area (Å²) in [5.41, 5.74) is 1.87. The van der Waals surface area contributed by atoms with E-state index < -0.39 is 0 Å². The largest absolute Gasteiger partial charge is 0.379 e. The molecule has 2 atom stereocenters. The van der Waals surface area contributed by atoms with Crippen LogP contribution in [0.3, 0.4) is 0 Å². The number of ether oxygens (including phenoxy) is 1. The van der Waals surface area contributed by atoms with Gasteiger partial charge >= 0.3 is 0 Å². The topological polar surface area (TPSA) is 84.1 Å². The molecule has 6 nitrogen and oxygen atoms in total. The summed E-state index contributed by atoms with van der Waals surface area (Å²) in [5.74, 6) is -0.223. The minimum atomic E-state index is -0.388. The first-order valence-corrected chi connectivity index (χ1v) is 8.61. The molecule has 0 bridgehead atoms. The Morgan fingerprint density at radius 3 is 2.96 bits per heavy atom. The van der Waals surface area contributed by atoms with Crippen molar-refractivity contribution in [3.63, 3.8) is 0 Å². The van der Waals surface area contributed by atoms with Gasteiger partial charge in [0.2, 0.25) is 0 Å². The summed E-state index contributed by atoms with van der Waals surface area (Å²) >= 11 is 0. The minimum absolute atomic E-state index is 0.118. The third-order valence-corrected chi connectivity index (χ3v) is 4.80. The molecule has 0 unspecified atom stereocenters. The van der Waals surface area contributed by atoms with Crippen molar-refractivity contribution in [2.24, 2.45) is 5.92 Å². The van der Waals surface area contributed by atoms with Crippen molar-refractivity contribution in [2.45, 2.75) is 12.5 Å². The van der Waals surface area contributed by atoms with Gasteiger partial charge in [-0.05, 0) is 36.2 Å². The number of pyridine rings is 2. The normalized spacial score (nSPS) is 19.5. The molecule has 132 valence electrons. The fourth-order valence-electron chi connectivity index (χ4n) is 3.42. The maximum absolute atomic E-state index is 12.4. The van der Waals surface area contributed by atoms with Crippen molar-refractivity contribution in [1.29, 1.82) is 0 Å². The van der Waals surface area contributed by atoms with Gasteiger partial charge in [-0.15, -0.1) is 0 Å². The number of benzene rings is 1. The van der Waals surface area contributed by atoms with Crippen LogP contribution in [0.4, 0.5) is 0 Å². The van der Waals surface area contributed by atoms with E-state index in [4.69, 9.17) is 4.74 Å². The number of aromatic amines is 1.